The second kappa shape index (κ2) is 6.39. The topological polar surface area (TPSA) is 88.4 Å². The van der Waals surface area contributed by atoms with Crippen LogP contribution in [0.5, 0.6) is 0 Å². The number of sulfonamides is 1. The van der Waals surface area contributed by atoms with Crippen molar-refractivity contribution in [1.82, 2.24) is 19.1 Å². The molecule has 28 heavy (non-hydrogen) atoms. The fourth-order valence-electron chi connectivity index (χ4n) is 3.79. The fraction of sp³-hybridized carbons (Fsp3) is 0.316. The summed E-state index contributed by atoms with van der Waals surface area (Å²) in [6.45, 7) is 1.41. The van der Waals surface area contributed by atoms with E-state index in [0.717, 1.165) is 17.5 Å². The highest BCUT2D eigenvalue weighted by atomic mass is 32.2. The molecule has 2 aliphatic rings. The Morgan fingerprint density at radius 2 is 1.93 bits per heavy atom. The van der Waals surface area contributed by atoms with E-state index in [2.05, 4.69) is 10.1 Å². The molecule has 0 spiro atoms. The maximum Gasteiger partial charge on any atom is 0.245 e. The number of carbonyl (C=O) groups excluding carboxylic acids is 1. The van der Waals surface area contributed by atoms with E-state index in [-0.39, 0.29) is 16.8 Å². The van der Waals surface area contributed by atoms with Crippen molar-refractivity contribution in [2.75, 3.05) is 24.5 Å². The number of anilines is 1. The average Bonchev–Trinajstić information content (AvgIpc) is 3.28. The van der Waals surface area contributed by atoms with Crippen molar-refractivity contribution in [3.8, 4) is 0 Å². The van der Waals surface area contributed by atoms with E-state index in [1.807, 2.05) is 18.3 Å². The summed E-state index contributed by atoms with van der Waals surface area (Å²) in [6.07, 6.45) is 6.54. The number of benzene rings is 1. The largest absolute Gasteiger partial charge is 0.309 e. The predicted molar refractivity (Wildman–Crippen MR) is 103 cm³/mol. The van der Waals surface area contributed by atoms with Gasteiger partial charge in [0.25, 0.3) is 0 Å². The summed E-state index contributed by atoms with van der Waals surface area (Å²) < 4.78 is 29.3. The molecule has 2 fully saturated rings. The third-order valence-electron chi connectivity index (χ3n) is 5.39. The van der Waals surface area contributed by atoms with Crippen LogP contribution in [0.2, 0.25) is 0 Å². The lowest BCUT2D eigenvalue weighted by molar-refractivity contribution is -0.117. The molecule has 9 heteroatoms. The van der Waals surface area contributed by atoms with Gasteiger partial charge in [0.05, 0.1) is 23.4 Å². The number of rotatable bonds is 4. The Hall–Kier alpha value is -2.78. The molecule has 1 amide bonds. The first-order valence-electron chi connectivity index (χ1n) is 9.22. The van der Waals surface area contributed by atoms with Gasteiger partial charge in [-0.2, -0.15) is 9.40 Å². The van der Waals surface area contributed by atoms with Gasteiger partial charge in [0.15, 0.2) is 0 Å². The molecule has 0 bridgehead atoms. The first-order chi connectivity index (χ1) is 13.5. The van der Waals surface area contributed by atoms with Crippen LogP contribution in [-0.4, -0.2) is 53.0 Å². The predicted octanol–water partition coefficient (Wildman–Crippen LogP) is 1.80. The van der Waals surface area contributed by atoms with Crippen molar-refractivity contribution in [3.63, 3.8) is 0 Å². The second-order valence-electron chi connectivity index (χ2n) is 7.13. The Balaban J connectivity index is 1.35. The van der Waals surface area contributed by atoms with Gasteiger partial charge in [-0.3, -0.25) is 14.5 Å². The minimum atomic E-state index is -3.62. The standard InChI is InChI=1S/C19H19N5O3S/c25-18-7-3-9-23(18)15-10-21-24(13-15)16-11-22(12-16)28(26,27)17-6-1-4-14-5-2-8-20-19(14)17/h1-2,4-6,8,10,13,16H,3,7,9,11-12H2. The molecule has 1 aromatic carbocycles. The number of aromatic nitrogens is 3. The number of pyridine rings is 1. The Morgan fingerprint density at radius 1 is 1.11 bits per heavy atom. The summed E-state index contributed by atoms with van der Waals surface area (Å²) in [6, 6.07) is 8.79. The van der Waals surface area contributed by atoms with Gasteiger partial charge in [0.2, 0.25) is 15.9 Å². The normalized spacial score (nSPS) is 18.7. The maximum absolute atomic E-state index is 13.1. The lowest BCUT2D eigenvalue weighted by Gasteiger charge is -2.38. The van der Waals surface area contributed by atoms with Crippen LogP contribution in [0.3, 0.4) is 0 Å². The van der Waals surface area contributed by atoms with Crippen LogP contribution in [0.4, 0.5) is 5.69 Å². The smallest absolute Gasteiger partial charge is 0.245 e. The molecule has 0 unspecified atom stereocenters. The minimum absolute atomic E-state index is 0.0378. The van der Waals surface area contributed by atoms with Crippen molar-refractivity contribution in [2.45, 2.75) is 23.8 Å². The van der Waals surface area contributed by atoms with Crippen LogP contribution in [0.15, 0.2) is 53.8 Å². The van der Waals surface area contributed by atoms with E-state index in [4.69, 9.17) is 0 Å². The first-order valence-corrected chi connectivity index (χ1v) is 10.7. The Labute approximate surface area is 162 Å². The number of para-hydroxylation sites is 1. The molecule has 5 rings (SSSR count). The highest BCUT2D eigenvalue weighted by Gasteiger charge is 2.39. The quantitative estimate of drug-likeness (QED) is 0.670. The number of fused-ring (bicyclic) bond motifs is 1. The molecule has 0 atom stereocenters. The third kappa shape index (κ3) is 2.70. The third-order valence-corrected chi connectivity index (χ3v) is 7.25. The van der Waals surface area contributed by atoms with Crippen molar-refractivity contribution in [1.29, 1.82) is 0 Å². The summed E-state index contributed by atoms with van der Waals surface area (Å²) in [5.41, 5.74) is 1.27. The lowest BCUT2D eigenvalue weighted by atomic mass is 10.2. The van der Waals surface area contributed by atoms with Crippen molar-refractivity contribution < 1.29 is 13.2 Å². The molecular formula is C19H19N5O3S. The zero-order valence-corrected chi connectivity index (χ0v) is 15.9. The van der Waals surface area contributed by atoms with Gasteiger partial charge >= 0.3 is 0 Å². The van der Waals surface area contributed by atoms with E-state index < -0.39 is 10.0 Å². The molecule has 0 aliphatic carbocycles. The fourth-order valence-corrected chi connectivity index (χ4v) is 5.47. The van der Waals surface area contributed by atoms with Gasteiger partial charge in [-0.05, 0) is 18.6 Å². The summed E-state index contributed by atoms with van der Waals surface area (Å²) in [5.74, 6) is 0.112. The molecule has 2 aromatic heterocycles. The van der Waals surface area contributed by atoms with Gasteiger partial charge in [-0.25, -0.2) is 8.42 Å². The summed E-state index contributed by atoms with van der Waals surface area (Å²) in [5, 5.41) is 5.14. The van der Waals surface area contributed by atoms with Gasteiger partial charge < -0.3 is 4.90 Å². The van der Waals surface area contributed by atoms with Crippen molar-refractivity contribution in [3.05, 3.63) is 48.9 Å². The molecule has 144 valence electrons. The van der Waals surface area contributed by atoms with Crippen LogP contribution >= 0.6 is 0 Å². The molecule has 2 saturated heterocycles. The Kier molecular flexibility index (Phi) is 3.95. The maximum atomic E-state index is 13.1. The monoisotopic (exact) mass is 397 g/mol. The highest BCUT2D eigenvalue weighted by Crippen LogP contribution is 2.32. The SMILES string of the molecule is O=C1CCCN1c1cnn(C2CN(S(=O)(=O)c3cccc4cccnc34)C2)c1. The number of hydrogen-bond acceptors (Lipinski definition) is 5. The molecule has 8 nitrogen and oxygen atoms in total. The van der Waals surface area contributed by atoms with Crippen molar-refractivity contribution >= 4 is 32.5 Å². The second-order valence-corrected chi connectivity index (χ2v) is 9.04. The minimum Gasteiger partial charge on any atom is -0.309 e. The zero-order chi connectivity index (χ0) is 19.3. The van der Waals surface area contributed by atoms with Crippen LogP contribution in [0.25, 0.3) is 10.9 Å². The van der Waals surface area contributed by atoms with E-state index in [0.29, 0.717) is 31.6 Å². The number of amides is 1. The van der Waals surface area contributed by atoms with Crippen molar-refractivity contribution in [2.24, 2.45) is 0 Å². The van der Waals surface area contributed by atoms with E-state index in [1.54, 1.807) is 40.2 Å². The van der Waals surface area contributed by atoms with E-state index in [9.17, 15) is 13.2 Å². The number of carbonyl (C=O) groups is 1. The zero-order valence-electron chi connectivity index (χ0n) is 15.1. The molecule has 4 heterocycles. The van der Waals surface area contributed by atoms with Crippen LogP contribution < -0.4 is 4.90 Å². The molecular weight excluding hydrogens is 378 g/mol. The van der Waals surface area contributed by atoms with Crippen LogP contribution in [0.1, 0.15) is 18.9 Å². The van der Waals surface area contributed by atoms with Gasteiger partial charge in [0, 0.05) is 43.8 Å². The van der Waals surface area contributed by atoms with Crippen LogP contribution in [-0.2, 0) is 14.8 Å². The van der Waals surface area contributed by atoms with Gasteiger partial charge in [0.1, 0.15) is 4.90 Å². The molecule has 0 N–H and O–H groups in total. The van der Waals surface area contributed by atoms with E-state index >= 15 is 0 Å². The van der Waals surface area contributed by atoms with Gasteiger partial charge in [-0.1, -0.05) is 18.2 Å². The van der Waals surface area contributed by atoms with Crippen LogP contribution in [0, 0.1) is 0 Å². The lowest BCUT2D eigenvalue weighted by Crippen LogP contribution is -2.50. The number of nitrogens with zero attached hydrogens (tertiary/aromatic N) is 5. The molecule has 0 saturated carbocycles. The summed E-state index contributed by atoms with van der Waals surface area (Å²) >= 11 is 0. The first kappa shape index (κ1) is 17.3. The summed E-state index contributed by atoms with van der Waals surface area (Å²) in [7, 11) is -3.62. The molecule has 2 aliphatic heterocycles. The van der Waals surface area contributed by atoms with E-state index in [1.165, 1.54) is 4.31 Å². The molecule has 3 aromatic rings. The van der Waals surface area contributed by atoms with Gasteiger partial charge in [-0.15, -0.1) is 0 Å². The Bertz CT molecular complexity index is 1160. The molecule has 0 radical (unpaired) electrons. The highest BCUT2D eigenvalue weighted by molar-refractivity contribution is 7.89. The number of hydrogen-bond donors (Lipinski definition) is 0. The summed E-state index contributed by atoms with van der Waals surface area (Å²) in [4.78, 5) is 18.1. The Morgan fingerprint density at radius 3 is 2.71 bits per heavy atom. The average molecular weight is 397 g/mol.